The summed E-state index contributed by atoms with van der Waals surface area (Å²) in [5.41, 5.74) is 2.28. The first kappa shape index (κ1) is 10.2. The highest BCUT2D eigenvalue weighted by atomic mass is 79.9. The van der Waals surface area contributed by atoms with Gasteiger partial charge >= 0.3 is 0 Å². The molecule has 1 aliphatic carbocycles. The summed E-state index contributed by atoms with van der Waals surface area (Å²) in [5.74, 6) is 0.629. The lowest BCUT2D eigenvalue weighted by Gasteiger charge is -2.11. The molecule has 0 spiro atoms. The number of halogens is 1. The van der Waals surface area contributed by atoms with Crippen molar-refractivity contribution in [3.05, 3.63) is 34.7 Å². The second-order valence-corrected chi connectivity index (χ2v) is 5.09. The lowest BCUT2D eigenvalue weighted by atomic mass is 10.00. The minimum absolute atomic E-state index is 0.629. The molecule has 1 fully saturated rings. The van der Waals surface area contributed by atoms with Gasteiger partial charge in [-0.25, -0.2) is 9.97 Å². The van der Waals surface area contributed by atoms with Gasteiger partial charge in [-0.05, 0) is 34.8 Å². The minimum atomic E-state index is 0.629. The average Bonchev–Trinajstić information content (AvgIpc) is 2.81. The van der Waals surface area contributed by atoms with Gasteiger partial charge in [-0.1, -0.05) is 31.0 Å². The van der Waals surface area contributed by atoms with Crippen LogP contribution in [-0.2, 0) is 0 Å². The predicted octanol–water partition coefficient (Wildman–Crippen LogP) is 4.05. The van der Waals surface area contributed by atoms with Crippen molar-refractivity contribution in [2.75, 3.05) is 0 Å². The summed E-state index contributed by atoms with van der Waals surface area (Å²) in [4.78, 5) is 9.00. The number of fused-ring (bicyclic) bond motifs is 1. The van der Waals surface area contributed by atoms with E-state index in [-0.39, 0.29) is 0 Å². The molecule has 16 heavy (non-hydrogen) atoms. The Hall–Kier alpha value is -0.960. The van der Waals surface area contributed by atoms with Crippen LogP contribution in [0.1, 0.15) is 37.3 Å². The topological polar surface area (TPSA) is 25.8 Å². The Balaban J connectivity index is 2.21. The van der Waals surface area contributed by atoms with E-state index in [1.165, 1.54) is 36.8 Å². The first-order chi connectivity index (χ1) is 7.84. The van der Waals surface area contributed by atoms with E-state index in [2.05, 4.69) is 44.1 Å². The van der Waals surface area contributed by atoms with E-state index in [1.807, 2.05) is 6.07 Å². The highest BCUT2D eigenvalue weighted by Gasteiger charge is 2.21. The summed E-state index contributed by atoms with van der Waals surface area (Å²) < 4.78 is 0.716. The maximum absolute atomic E-state index is 4.59. The molecule has 2 aromatic rings. The molecular weight excluding hydrogens is 264 g/mol. The van der Waals surface area contributed by atoms with E-state index in [1.54, 1.807) is 0 Å². The maximum atomic E-state index is 4.59. The highest BCUT2D eigenvalue weighted by Crippen LogP contribution is 2.36. The Bertz CT molecular complexity index is 518. The van der Waals surface area contributed by atoms with E-state index >= 15 is 0 Å². The number of hydrogen-bond donors (Lipinski definition) is 0. The third-order valence-electron chi connectivity index (χ3n) is 3.35. The summed E-state index contributed by atoms with van der Waals surface area (Å²) in [5, 5.41) is 1.22. The molecule has 0 N–H and O–H groups in total. The van der Waals surface area contributed by atoms with E-state index in [0.29, 0.717) is 10.7 Å². The summed E-state index contributed by atoms with van der Waals surface area (Å²) in [6, 6.07) is 8.29. The van der Waals surface area contributed by atoms with E-state index < -0.39 is 0 Å². The highest BCUT2D eigenvalue weighted by molar-refractivity contribution is 9.10. The Morgan fingerprint density at radius 2 is 1.81 bits per heavy atom. The van der Waals surface area contributed by atoms with Gasteiger partial charge in [-0.15, -0.1) is 0 Å². The van der Waals surface area contributed by atoms with E-state index in [4.69, 9.17) is 0 Å². The zero-order chi connectivity index (χ0) is 11.0. The molecule has 3 rings (SSSR count). The van der Waals surface area contributed by atoms with Gasteiger partial charge in [0.2, 0.25) is 0 Å². The third kappa shape index (κ3) is 1.73. The molecule has 0 unspecified atom stereocenters. The molecule has 0 saturated heterocycles. The lowest BCUT2D eigenvalue weighted by Crippen LogP contribution is -2.00. The minimum Gasteiger partial charge on any atom is -0.226 e. The number of hydrogen-bond acceptors (Lipinski definition) is 2. The second-order valence-electron chi connectivity index (χ2n) is 4.38. The van der Waals surface area contributed by atoms with Gasteiger partial charge in [0.25, 0.3) is 0 Å². The molecule has 82 valence electrons. The molecule has 1 aliphatic rings. The van der Waals surface area contributed by atoms with Crippen molar-refractivity contribution in [3.8, 4) is 0 Å². The molecule has 1 aromatic carbocycles. The molecule has 0 bridgehead atoms. The van der Waals surface area contributed by atoms with Gasteiger partial charge in [0.15, 0.2) is 4.73 Å². The molecule has 0 atom stereocenters. The van der Waals surface area contributed by atoms with Crippen molar-refractivity contribution >= 4 is 26.8 Å². The summed E-state index contributed by atoms with van der Waals surface area (Å²) in [6.45, 7) is 0. The maximum Gasteiger partial charge on any atom is 0.197 e. The predicted molar refractivity (Wildman–Crippen MR) is 68.4 cm³/mol. The SMILES string of the molecule is Brc1nc(C2CCCC2)c2ccccc2n1. The largest absolute Gasteiger partial charge is 0.226 e. The Morgan fingerprint density at radius 3 is 2.62 bits per heavy atom. The van der Waals surface area contributed by atoms with Crippen LogP contribution in [-0.4, -0.2) is 9.97 Å². The molecule has 0 radical (unpaired) electrons. The lowest BCUT2D eigenvalue weighted by molar-refractivity contribution is 0.700. The van der Waals surface area contributed by atoms with Crippen LogP contribution >= 0.6 is 15.9 Å². The second kappa shape index (κ2) is 4.13. The van der Waals surface area contributed by atoms with Crippen molar-refractivity contribution < 1.29 is 0 Å². The normalized spacial score (nSPS) is 17.1. The monoisotopic (exact) mass is 276 g/mol. The molecule has 3 heteroatoms. The van der Waals surface area contributed by atoms with Crippen LogP contribution in [0.15, 0.2) is 29.0 Å². The first-order valence-corrected chi connectivity index (χ1v) is 6.56. The third-order valence-corrected chi connectivity index (χ3v) is 3.70. The number of benzene rings is 1. The molecular formula is C13H13BrN2. The number of para-hydroxylation sites is 1. The van der Waals surface area contributed by atoms with Gasteiger partial charge in [0.1, 0.15) is 0 Å². The van der Waals surface area contributed by atoms with Crippen molar-refractivity contribution in [3.63, 3.8) is 0 Å². The van der Waals surface area contributed by atoms with Crippen LogP contribution in [0.5, 0.6) is 0 Å². The van der Waals surface area contributed by atoms with Gasteiger partial charge < -0.3 is 0 Å². The van der Waals surface area contributed by atoms with Crippen LogP contribution in [0.4, 0.5) is 0 Å². The summed E-state index contributed by atoms with van der Waals surface area (Å²) in [7, 11) is 0. The van der Waals surface area contributed by atoms with Crippen LogP contribution < -0.4 is 0 Å². The fraction of sp³-hybridized carbons (Fsp3) is 0.385. The Morgan fingerprint density at radius 1 is 1.06 bits per heavy atom. The smallest absolute Gasteiger partial charge is 0.197 e. The standard InChI is InChI=1S/C13H13BrN2/c14-13-15-11-8-4-3-7-10(11)12(16-13)9-5-1-2-6-9/h3-4,7-9H,1-2,5-6H2. The first-order valence-electron chi connectivity index (χ1n) is 5.77. The van der Waals surface area contributed by atoms with Crippen molar-refractivity contribution in [2.24, 2.45) is 0 Å². The molecule has 1 saturated carbocycles. The number of nitrogens with zero attached hydrogens (tertiary/aromatic N) is 2. The van der Waals surface area contributed by atoms with Gasteiger partial charge in [0, 0.05) is 11.3 Å². The average molecular weight is 277 g/mol. The van der Waals surface area contributed by atoms with Crippen LogP contribution in [0, 0.1) is 0 Å². The van der Waals surface area contributed by atoms with Crippen molar-refractivity contribution in [1.82, 2.24) is 9.97 Å². The molecule has 0 amide bonds. The molecule has 0 aliphatic heterocycles. The fourth-order valence-electron chi connectivity index (χ4n) is 2.58. The van der Waals surface area contributed by atoms with Gasteiger partial charge in [-0.3, -0.25) is 0 Å². The molecule has 2 nitrogen and oxygen atoms in total. The zero-order valence-electron chi connectivity index (χ0n) is 8.99. The fourth-order valence-corrected chi connectivity index (χ4v) is 2.96. The van der Waals surface area contributed by atoms with Crippen molar-refractivity contribution in [2.45, 2.75) is 31.6 Å². The van der Waals surface area contributed by atoms with Gasteiger partial charge in [0.05, 0.1) is 11.2 Å². The van der Waals surface area contributed by atoms with E-state index in [0.717, 1.165) is 5.52 Å². The van der Waals surface area contributed by atoms with Gasteiger partial charge in [-0.2, -0.15) is 0 Å². The Labute approximate surface area is 103 Å². The summed E-state index contributed by atoms with van der Waals surface area (Å²) in [6.07, 6.45) is 5.21. The van der Waals surface area contributed by atoms with Crippen LogP contribution in [0.3, 0.4) is 0 Å². The Kier molecular flexibility index (Phi) is 2.64. The quantitative estimate of drug-likeness (QED) is 0.735. The van der Waals surface area contributed by atoms with Crippen LogP contribution in [0.25, 0.3) is 10.9 Å². The van der Waals surface area contributed by atoms with Crippen molar-refractivity contribution in [1.29, 1.82) is 0 Å². The summed E-state index contributed by atoms with van der Waals surface area (Å²) >= 11 is 3.41. The zero-order valence-corrected chi connectivity index (χ0v) is 10.6. The molecule has 1 aromatic heterocycles. The van der Waals surface area contributed by atoms with E-state index in [9.17, 15) is 0 Å². The molecule has 1 heterocycles. The van der Waals surface area contributed by atoms with Crippen LogP contribution in [0.2, 0.25) is 0 Å². The number of aromatic nitrogens is 2. The number of rotatable bonds is 1.